The zero-order valence-electron chi connectivity index (χ0n) is 11.7. The van der Waals surface area contributed by atoms with Crippen LogP contribution in [0.4, 0.5) is 17.6 Å². The molecule has 2 aromatic carbocycles. The standard InChI is InChI=1S/C16H15F4N/c1-10-7-12(16(18,19)20)4-6-13(10)14-5-3-11(9-21-2)8-15(14)17/h3-8,21H,9H2,1-2H3. The lowest BCUT2D eigenvalue weighted by Crippen LogP contribution is -2.06. The molecule has 21 heavy (non-hydrogen) atoms. The summed E-state index contributed by atoms with van der Waals surface area (Å²) in [6.45, 7) is 2.08. The molecule has 0 bridgehead atoms. The van der Waals surface area contributed by atoms with E-state index in [2.05, 4.69) is 5.32 Å². The van der Waals surface area contributed by atoms with Gasteiger partial charge in [0.25, 0.3) is 0 Å². The molecule has 1 nitrogen and oxygen atoms in total. The van der Waals surface area contributed by atoms with Crippen LogP contribution in [0.5, 0.6) is 0 Å². The number of rotatable bonds is 3. The van der Waals surface area contributed by atoms with E-state index in [0.717, 1.165) is 17.7 Å². The minimum atomic E-state index is -4.39. The highest BCUT2D eigenvalue weighted by Crippen LogP contribution is 2.34. The highest BCUT2D eigenvalue weighted by Gasteiger charge is 2.30. The number of benzene rings is 2. The number of aryl methyl sites for hydroxylation is 1. The average molecular weight is 297 g/mol. The van der Waals surface area contributed by atoms with Crippen LogP contribution in [0, 0.1) is 12.7 Å². The monoisotopic (exact) mass is 297 g/mol. The predicted molar refractivity (Wildman–Crippen MR) is 74.3 cm³/mol. The van der Waals surface area contributed by atoms with Gasteiger partial charge in [-0.25, -0.2) is 4.39 Å². The molecule has 0 amide bonds. The van der Waals surface area contributed by atoms with Gasteiger partial charge in [-0.05, 0) is 48.9 Å². The Hall–Kier alpha value is -1.88. The lowest BCUT2D eigenvalue weighted by molar-refractivity contribution is -0.137. The van der Waals surface area contributed by atoms with Crippen LogP contribution in [-0.2, 0) is 12.7 Å². The molecule has 0 atom stereocenters. The largest absolute Gasteiger partial charge is 0.416 e. The average Bonchev–Trinajstić information content (AvgIpc) is 2.39. The maximum atomic E-state index is 14.1. The molecule has 0 spiro atoms. The Morgan fingerprint density at radius 3 is 2.19 bits per heavy atom. The van der Waals surface area contributed by atoms with Gasteiger partial charge < -0.3 is 5.32 Å². The van der Waals surface area contributed by atoms with Gasteiger partial charge in [0.1, 0.15) is 5.82 Å². The van der Waals surface area contributed by atoms with Crippen LogP contribution in [0.15, 0.2) is 36.4 Å². The summed E-state index contributed by atoms with van der Waals surface area (Å²) in [6.07, 6.45) is -4.39. The van der Waals surface area contributed by atoms with Crippen LogP contribution in [0.2, 0.25) is 0 Å². The van der Waals surface area contributed by atoms with Gasteiger partial charge in [0.05, 0.1) is 5.56 Å². The first-order chi connectivity index (χ1) is 9.82. The second-order valence-corrected chi connectivity index (χ2v) is 4.87. The van der Waals surface area contributed by atoms with Crippen LogP contribution in [-0.4, -0.2) is 7.05 Å². The molecule has 5 heteroatoms. The summed E-state index contributed by atoms with van der Waals surface area (Å²) in [5, 5.41) is 2.91. The maximum Gasteiger partial charge on any atom is 0.416 e. The van der Waals surface area contributed by atoms with Crippen molar-refractivity contribution in [2.45, 2.75) is 19.6 Å². The maximum absolute atomic E-state index is 14.1. The third-order valence-corrected chi connectivity index (χ3v) is 3.26. The first kappa shape index (κ1) is 15.5. The third kappa shape index (κ3) is 3.42. The molecule has 0 aliphatic rings. The molecule has 0 fully saturated rings. The zero-order valence-corrected chi connectivity index (χ0v) is 11.7. The number of halogens is 4. The van der Waals surface area contributed by atoms with Crippen molar-refractivity contribution in [3.63, 3.8) is 0 Å². The van der Waals surface area contributed by atoms with E-state index in [1.54, 1.807) is 26.1 Å². The lowest BCUT2D eigenvalue weighted by atomic mass is 9.97. The van der Waals surface area contributed by atoms with Crippen molar-refractivity contribution in [2.75, 3.05) is 7.05 Å². The Labute approximate surface area is 120 Å². The van der Waals surface area contributed by atoms with Crippen molar-refractivity contribution in [1.29, 1.82) is 0 Å². The first-order valence-corrected chi connectivity index (χ1v) is 6.44. The quantitative estimate of drug-likeness (QED) is 0.820. The fourth-order valence-electron chi connectivity index (χ4n) is 2.23. The van der Waals surface area contributed by atoms with Crippen LogP contribution in [0.1, 0.15) is 16.7 Å². The van der Waals surface area contributed by atoms with Gasteiger partial charge in [-0.2, -0.15) is 13.2 Å². The summed E-state index contributed by atoms with van der Waals surface area (Å²) in [5.74, 6) is -0.439. The Bertz CT molecular complexity index is 647. The Morgan fingerprint density at radius 2 is 1.67 bits per heavy atom. The van der Waals surface area contributed by atoms with Gasteiger partial charge in [-0.1, -0.05) is 18.2 Å². The van der Waals surface area contributed by atoms with Crippen molar-refractivity contribution in [3.8, 4) is 11.1 Å². The van der Waals surface area contributed by atoms with Crippen molar-refractivity contribution in [3.05, 3.63) is 58.9 Å². The molecule has 112 valence electrons. The molecule has 0 saturated carbocycles. The van der Waals surface area contributed by atoms with Gasteiger partial charge in [-0.15, -0.1) is 0 Å². The first-order valence-electron chi connectivity index (χ1n) is 6.44. The fraction of sp³-hybridized carbons (Fsp3) is 0.250. The SMILES string of the molecule is CNCc1ccc(-c2ccc(C(F)(F)F)cc2C)c(F)c1. The summed E-state index contributed by atoms with van der Waals surface area (Å²) in [7, 11) is 1.76. The minimum Gasteiger partial charge on any atom is -0.316 e. The number of nitrogens with one attached hydrogen (secondary N) is 1. The number of hydrogen-bond acceptors (Lipinski definition) is 1. The fourth-order valence-corrected chi connectivity index (χ4v) is 2.23. The molecule has 1 N–H and O–H groups in total. The smallest absolute Gasteiger partial charge is 0.316 e. The van der Waals surface area contributed by atoms with E-state index in [0.29, 0.717) is 23.2 Å². The Kier molecular flexibility index (Phi) is 4.32. The van der Waals surface area contributed by atoms with E-state index in [4.69, 9.17) is 0 Å². The summed E-state index contributed by atoms with van der Waals surface area (Å²) in [5.41, 5.74) is 1.22. The molecule has 0 aliphatic carbocycles. The van der Waals surface area contributed by atoms with Gasteiger partial charge in [0.15, 0.2) is 0 Å². The van der Waals surface area contributed by atoms with Crippen LogP contribution in [0.25, 0.3) is 11.1 Å². The highest BCUT2D eigenvalue weighted by atomic mass is 19.4. The molecule has 0 aliphatic heterocycles. The summed E-state index contributed by atoms with van der Waals surface area (Å²) in [4.78, 5) is 0. The van der Waals surface area contributed by atoms with Crippen LogP contribution in [0.3, 0.4) is 0 Å². The normalized spacial score (nSPS) is 11.7. The van der Waals surface area contributed by atoms with E-state index in [1.807, 2.05) is 0 Å². The van der Waals surface area contributed by atoms with E-state index in [9.17, 15) is 17.6 Å². The number of hydrogen-bond donors (Lipinski definition) is 1. The van der Waals surface area contributed by atoms with Crippen molar-refractivity contribution >= 4 is 0 Å². The molecule has 2 rings (SSSR count). The van der Waals surface area contributed by atoms with Crippen molar-refractivity contribution < 1.29 is 17.6 Å². The van der Waals surface area contributed by atoms with E-state index >= 15 is 0 Å². The lowest BCUT2D eigenvalue weighted by Gasteiger charge is -2.12. The predicted octanol–water partition coefficient (Wildman–Crippen LogP) is 4.54. The van der Waals surface area contributed by atoms with Gasteiger partial charge in [0.2, 0.25) is 0 Å². The van der Waals surface area contributed by atoms with E-state index < -0.39 is 17.6 Å². The Balaban J connectivity index is 2.43. The molecule has 0 radical (unpaired) electrons. The van der Waals surface area contributed by atoms with Crippen molar-refractivity contribution in [2.24, 2.45) is 0 Å². The molecular formula is C16H15F4N. The van der Waals surface area contributed by atoms with Crippen molar-refractivity contribution in [1.82, 2.24) is 5.32 Å². The topological polar surface area (TPSA) is 12.0 Å². The van der Waals surface area contributed by atoms with Gasteiger partial charge in [0, 0.05) is 12.1 Å². The third-order valence-electron chi connectivity index (χ3n) is 3.26. The zero-order chi connectivity index (χ0) is 15.6. The summed E-state index contributed by atoms with van der Waals surface area (Å²) >= 11 is 0. The van der Waals surface area contributed by atoms with Gasteiger partial charge >= 0.3 is 6.18 Å². The van der Waals surface area contributed by atoms with Crippen LogP contribution >= 0.6 is 0 Å². The molecule has 0 saturated heterocycles. The molecule has 0 aromatic heterocycles. The highest BCUT2D eigenvalue weighted by molar-refractivity contribution is 5.68. The second-order valence-electron chi connectivity index (χ2n) is 4.87. The molecule has 0 heterocycles. The molecule has 0 unspecified atom stereocenters. The van der Waals surface area contributed by atoms with E-state index in [1.165, 1.54) is 12.1 Å². The minimum absolute atomic E-state index is 0.307. The number of alkyl halides is 3. The summed E-state index contributed by atoms with van der Waals surface area (Å²) in [6, 6.07) is 8.07. The molecular weight excluding hydrogens is 282 g/mol. The van der Waals surface area contributed by atoms with Crippen LogP contribution < -0.4 is 5.32 Å². The Morgan fingerprint density at radius 1 is 1.00 bits per heavy atom. The molecule has 2 aromatic rings. The van der Waals surface area contributed by atoms with Gasteiger partial charge in [-0.3, -0.25) is 0 Å². The second kappa shape index (κ2) is 5.85. The van der Waals surface area contributed by atoms with E-state index in [-0.39, 0.29) is 0 Å². The summed E-state index contributed by atoms with van der Waals surface area (Å²) < 4.78 is 52.0.